The van der Waals surface area contributed by atoms with E-state index < -0.39 is 0 Å². The molecule has 3 rings (SSSR count). The number of nitrogens with one attached hydrogen (secondary N) is 1. The topological polar surface area (TPSA) is 77.2 Å². The largest absolute Gasteiger partial charge is 0.496 e. The summed E-state index contributed by atoms with van der Waals surface area (Å²) in [5.41, 5.74) is 8.62. The fourth-order valence-corrected chi connectivity index (χ4v) is 2.75. The van der Waals surface area contributed by atoms with E-state index in [2.05, 4.69) is 10.3 Å². The molecule has 0 saturated heterocycles. The zero-order valence-corrected chi connectivity index (χ0v) is 13.3. The first-order valence-electron chi connectivity index (χ1n) is 6.93. The SMILES string of the molecule is COc1ccccc1C(=O)Nc1ccc(-c2csc(N)n2)cc1. The van der Waals surface area contributed by atoms with E-state index in [1.54, 1.807) is 25.3 Å². The van der Waals surface area contributed by atoms with Crippen LogP contribution in [0.4, 0.5) is 10.8 Å². The normalized spacial score (nSPS) is 10.3. The van der Waals surface area contributed by atoms with E-state index >= 15 is 0 Å². The number of thiazole rings is 1. The Kier molecular flexibility index (Phi) is 4.25. The average Bonchev–Trinajstić information content (AvgIpc) is 3.02. The first-order chi connectivity index (χ1) is 11.2. The van der Waals surface area contributed by atoms with Gasteiger partial charge in [0, 0.05) is 16.6 Å². The van der Waals surface area contributed by atoms with Crippen molar-refractivity contribution in [3.8, 4) is 17.0 Å². The highest BCUT2D eigenvalue weighted by Crippen LogP contribution is 2.25. The predicted molar refractivity (Wildman–Crippen MR) is 92.9 cm³/mol. The number of benzene rings is 2. The molecule has 2 aromatic carbocycles. The molecule has 0 fully saturated rings. The van der Waals surface area contributed by atoms with Crippen LogP contribution >= 0.6 is 11.3 Å². The molecular formula is C17H15N3O2S. The van der Waals surface area contributed by atoms with Gasteiger partial charge in [-0.3, -0.25) is 4.79 Å². The van der Waals surface area contributed by atoms with E-state index in [1.165, 1.54) is 11.3 Å². The van der Waals surface area contributed by atoms with Gasteiger partial charge in [0.05, 0.1) is 18.4 Å². The molecule has 1 heterocycles. The Morgan fingerprint density at radius 3 is 2.57 bits per heavy atom. The average molecular weight is 325 g/mol. The molecule has 1 aromatic heterocycles. The van der Waals surface area contributed by atoms with Crippen LogP contribution in [0.1, 0.15) is 10.4 Å². The van der Waals surface area contributed by atoms with Crippen molar-refractivity contribution in [2.45, 2.75) is 0 Å². The van der Waals surface area contributed by atoms with Gasteiger partial charge in [-0.1, -0.05) is 24.3 Å². The summed E-state index contributed by atoms with van der Waals surface area (Å²) in [6.07, 6.45) is 0. The lowest BCUT2D eigenvalue weighted by atomic mass is 10.1. The summed E-state index contributed by atoms with van der Waals surface area (Å²) in [5, 5.41) is 5.29. The number of nitrogens with zero attached hydrogens (tertiary/aromatic N) is 1. The number of nitrogen functional groups attached to an aromatic ring is 1. The molecule has 0 spiro atoms. The molecule has 0 aliphatic carbocycles. The van der Waals surface area contributed by atoms with Crippen LogP contribution in [0.3, 0.4) is 0 Å². The molecule has 3 N–H and O–H groups in total. The Morgan fingerprint density at radius 1 is 1.17 bits per heavy atom. The molecule has 3 aromatic rings. The number of aromatic nitrogens is 1. The van der Waals surface area contributed by atoms with Crippen LogP contribution in [0.15, 0.2) is 53.9 Å². The second-order valence-electron chi connectivity index (χ2n) is 4.80. The molecular weight excluding hydrogens is 310 g/mol. The molecule has 0 radical (unpaired) electrons. The lowest BCUT2D eigenvalue weighted by molar-refractivity contribution is 0.102. The number of carbonyl (C=O) groups is 1. The number of nitrogens with two attached hydrogens (primary N) is 1. The molecule has 0 aliphatic heterocycles. The molecule has 0 bridgehead atoms. The van der Waals surface area contributed by atoms with E-state index in [1.807, 2.05) is 35.7 Å². The van der Waals surface area contributed by atoms with Crippen molar-refractivity contribution in [1.29, 1.82) is 0 Å². The van der Waals surface area contributed by atoms with Crippen molar-refractivity contribution >= 4 is 28.1 Å². The van der Waals surface area contributed by atoms with Crippen LogP contribution in [0.25, 0.3) is 11.3 Å². The van der Waals surface area contributed by atoms with Gasteiger partial charge >= 0.3 is 0 Å². The summed E-state index contributed by atoms with van der Waals surface area (Å²) < 4.78 is 5.20. The smallest absolute Gasteiger partial charge is 0.259 e. The quantitative estimate of drug-likeness (QED) is 0.767. The molecule has 0 aliphatic rings. The standard InChI is InChI=1S/C17H15N3O2S/c1-22-15-5-3-2-4-13(15)16(21)19-12-8-6-11(7-9-12)14-10-23-17(18)20-14/h2-10H,1H3,(H2,18,20)(H,19,21). The number of anilines is 2. The summed E-state index contributed by atoms with van der Waals surface area (Å²) in [5.74, 6) is 0.327. The fourth-order valence-electron chi connectivity index (χ4n) is 2.18. The molecule has 23 heavy (non-hydrogen) atoms. The lowest BCUT2D eigenvalue weighted by Crippen LogP contribution is -2.12. The third-order valence-electron chi connectivity index (χ3n) is 3.31. The summed E-state index contributed by atoms with van der Waals surface area (Å²) in [4.78, 5) is 16.6. The van der Waals surface area contributed by atoms with Gasteiger partial charge in [0.15, 0.2) is 5.13 Å². The van der Waals surface area contributed by atoms with Crippen molar-refractivity contribution in [2.75, 3.05) is 18.2 Å². The maximum Gasteiger partial charge on any atom is 0.259 e. The number of para-hydroxylation sites is 1. The number of ether oxygens (including phenoxy) is 1. The van der Waals surface area contributed by atoms with Gasteiger partial charge in [0.2, 0.25) is 0 Å². The molecule has 0 atom stereocenters. The van der Waals surface area contributed by atoms with E-state index in [0.717, 1.165) is 11.3 Å². The van der Waals surface area contributed by atoms with Crippen LogP contribution in [-0.4, -0.2) is 18.0 Å². The maximum absolute atomic E-state index is 12.3. The Balaban J connectivity index is 1.77. The van der Waals surface area contributed by atoms with Gasteiger partial charge in [-0.2, -0.15) is 0 Å². The molecule has 0 saturated carbocycles. The zero-order valence-electron chi connectivity index (χ0n) is 12.4. The van der Waals surface area contributed by atoms with Crippen LogP contribution in [0.5, 0.6) is 5.75 Å². The minimum absolute atomic E-state index is 0.215. The molecule has 5 nitrogen and oxygen atoms in total. The van der Waals surface area contributed by atoms with E-state index in [0.29, 0.717) is 22.1 Å². The second kappa shape index (κ2) is 6.50. The van der Waals surface area contributed by atoms with Crippen LogP contribution in [-0.2, 0) is 0 Å². The monoisotopic (exact) mass is 325 g/mol. The number of amides is 1. The van der Waals surface area contributed by atoms with E-state index in [9.17, 15) is 4.79 Å². The summed E-state index contributed by atoms with van der Waals surface area (Å²) in [6.45, 7) is 0. The molecule has 0 unspecified atom stereocenters. The van der Waals surface area contributed by atoms with Gasteiger partial charge < -0.3 is 15.8 Å². The first kappa shape index (κ1) is 15.1. The number of carbonyl (C=O) groups excluding carboxylic acids is 1. The van der Waals surface area contributed by atoms with Gasteiger partial charge in [-0.15, -0.1) is 11.3 Å². The number of methoxy groups -OCH3 is 1. The third kappa shape index (κ3) is 3.32. The molecule has 1 amide bonds. The number of rotatable bonds is 4. The predicted octanol–water partition coefficient (Wildman–Crippen LogP) is 3.65. The minimum atomic E-state index is -0.215. The Labute approximate surface area is 137 Å². The van der Waals surface area contributed by atoms with Gasteiger partial charge in [0.1, 0.15) is 5.75 Å². The van der Waals surface area contributed by atoms with Crippen LogP contribution in [0.2, 0.25) is 0 Å². The molecule has 6 heteroatoms. The summed E-state index contributed by atoms with van der Waals surface area (Å²) in [6, 6.07) is 14.6. The lowest BCUT2D eigenvalue weighted by Gasteiger charge is -2.09. The van der Waals surface area contributed by atoms with Crippen LogP contribution in [0, 0.1) is 0 Å². The van der Waals surface area contributed by atoms with Gasteiger partial charge in [0.25, 0.3) is 5.91 Å². The summed E-state index contributed by atoms with van der Waals surface area (Å²) >= 11 is 1.40. The minimum Gasteiger partial charge on any atom is -0.496 e. The maximum atomic E-state index is 12.3. The highest BCUT2D eigenvalue weighted by molar-refractivity contribution is 7.13. The number of hydrogen-bond acceptors (Lipinski definition) is 5. The fraction of sp³-hybridized carbons (Fsp3) is 0.0588. The highest BCUT2D eigenvalue weighted by atomic mass is 32.1. The van der Waals surface area contributed by atoms with Crippen molar-refractivity contribution in [1.82, 2.24) is 4.98 Å². The van der Waals surface area contributed by atoms with Crippen molar-refractivity contribution in [3.05, 3.63) is 59.5 Å². The van der Waals surface area contributed by atoms with Gasteiger partial charge in [-0.25, -0.2) is 4.98 Å². The van der Waals surface area contributed by atoms with E-state index in [4.69, 9.17) is 10.5 Å². The van der Waals surface area contributed by atoms with Crippen molar-refractivity contribution < 1.29 is 9.53 Å². The zero-order chi connectivity index (χ0) is 16.2. The van der Waals surface area contributed by atoms with Crippen LogP contribution < -0.4 is 15.8 Å². The first-order valence-corrected chi connectivity index (χ1v) is 7.81. The third-order valence-corrected chi connectivity index (χ3v) is 3.99. The second-order valence-corrected chi connectivity index (χ2v) is 5.69. The Morgan fingerprint density at radius 2 is 1.91 bits per heavy atom. The molecule has 116 valence electrons. The Bertz CT molecular complexity index is 828. The van der Waals surface area contributed by atoms with Gasteiger partial charge in [-0.05, 0) is 24.3 Å². The highest BCUT2D eigenvalue weighted by Gasteiger charge is 2.11. The Hall–Kier alpha value is -2.86. The van der Waals surface area contributed by atoms with Crippen molar-refractivity contribution in [3.63, 3.8) is 0 Å². The van der Waals surface area contributed by atoms with Crippen molar-refractivity contribution in [2.24, 2.45) is 0 Å². The number of hydrogen-bond donors (Lipinski definition) is 2. The van der Waals surface area contributed by atoms with E-state index in [-0.39, 0.29) is 5.91 Å². The summed E-state index contributed by atoms with van der Waals surface area (Å²) in [7, 11) is 1.54.